The molecule has 74 valence electrons. The summed E-state index contributed by atoms with van der Waals surface area (Å²) in [6, 6.07) is 7.49. The molecule has 0 saturated carbocycles. The molecule has 1 aromatic rings. The normalized spacial score (nSPS) is 10.3. The first-order valence-electron chi connectivity index (χ1n) is 4.36. The van der Waals surface area contributed by atoms with E-state index in [-0.39, 0.29) is 6.42 Å². The average Bonchev–Trinajstić information content (AvgIpc) is 2.18. The van der Waals surface area contributed by atoms with Crippen molar-refractivity contribution in [3.8, 4) is 0 Å². The number of carbonyl (C=O) groups is 1. The van der Waals surface area contributed by atoms with Gasteiger partial charge in [-0.1, -0.05) is 0 Å². The Hall–Kier alpha value is -0.952. The molecule has 1 N–H and O–H groups in total. The van der Waals surface area contributed by atoms with Gasteiger partial charge in [0, 0.05) is 0 Å². The molecule has 0 amide bonds. The van der Waals surface area contributed by atoms with E-state index in [1.807, 2.05) is 24.3 Å². The van der Waals surface area contributed by atoms with Gasteiger partial charge in [0.25, 0.3) is 0 Å². The molecule has 1 rings (SSSR count). The molecule has 0 saturated heterocycles. The fraction of sp³-hybridized carbons (Fsp3) is 0.300. The van der Waals surface area contributed by atoms with Crippen LogP contribution in [0, 0.1) is 0 Å². The van der Waals surface area contributed by atoms with Crippen LogP contribution in [0.5, 0.6) is 0 Å². The van der Waals surface area contributed by atoms with Gasteiger partial charge in [-0.05, 0) is 0 Å². The topological polar surface area (TPSA) is 54.4 Å². The van der Waals surface area contributed by atoms with E-state index in [1.54, 1.807) is 0 Å². The molecule has 14 heavy (non-hydrogen) atoms. The van der Waals surface area contributed by atoms with Crippen molar-refractivity contribution < 1.29 is 13.6 Å². The van der Waals surface area contributed by atoms with Gasteiger partial charge < -0.3 is 0 Å². The summed E-state index contributed by atoms with van der Waals surface area (Å²) in [6.45, 7) is 0. The van der Waals surface area contributed by atoms with Gasteiger partial charge >= 0.3 is 88.7 Å². The van der Waals surface area contributed by atoms with Crippen LogP contribution in [0.1, 0.15) is 18.4 Å². The molecule has 0 aromatic heterocycles. The number of carboxylic acids is 1. The van der Waals surface area contributed by atoms with Gasteiger partial charge in [0.1, 0.15) is 0 Å². The standard InChI is InChI=1S/C10H11AsO3/c12-10(13)3-1-2-8-4-6-9(11-14)7-5-8/h4-7H,1-3H2,(H,12,13). The summed E-state index contributed by atoms with van der Waals surface area (Å²) >= 11 is -0.943. The van der Waals surface area contributed by atoms with Crippen molar-refractivity contribution in [1.29, 1.82) is 0 Å². The molecule has 0 radical (unpaired) electrons. The maximum atomic E-state index is 10.6. The van der Waals surface area contributed by atoms with Crippen LogP contribution in [0.2, 0.25) is 0 Å². The molecule has 0 aliphatic heterocycles. The summed E-state index contributed by atoms with van der Waals surface area (Å²) in [7, 11) is 0. The minimum atomic E-state index is -0.943. The number of hydrogen-bond acceptors (Lipinski definition) is 2. The predicted molar refractivity (Wildman–Crippen MR) is 53.1 cm³/mol. The van der Waals surface area contributed by atoms with Gasteiger partial charge in [0.05, 0.1) is 0 Å². The second-order valence-corrected chi connectivity index (χ2v) is 4.47. The van der Waals surface area contributed by atoms with E-state index in [0.29, 0.717) is 6.42 Å². The van der Waals surface area contributed by atoms with E-state index in [2.05, 4.69) is 0 Å². The van der Waals surface area contributed by atoms with E-state index >= 15 is 0 Å². The van der Waals surface area contributed by atoms with Crippen LogP contribution < -0.4 is 4.35 Å². The van der Waals surface area contributed by atoms with Gasteiger partial charge in [0.2, 0.25) is 0 Å². The summed E-state index contributed by atoms with van der Waals surface area (Å²) in [4.78, 5) is 10.3. The molecule has 1 aromatic carbocycles. The van der Waals surface area contributed by atoms with Crippen molar-refractivity contribution in [2.45, 2.75) is 19.3 Å². The minimum absolute atomic E-state index is 0.204. The number of aryl methyl sites for hydroxylation is 1. The SMILES string of the molecule is O=[As]c1ccc(CCCC(=O)O)cc1. The summed E-state index contributed by atoms with van der Waals surface area (Å²) in [5.74, 6) is -0.758. The maximum absolute atomic E-state index is 10.6. The zero-order valence-electron chi connectivity index (χ0n) is 7.64. The third-order valence-corrected chi connectivity index (χ3v) is 2.97. The fourth-order valence-electron chi connectivity index (χ4n) is 1.17. The zero-order valence-corrected chi connectivity index (χ0v) is 9.52. The van der Waals surface area contributed by atoms with Crippen molar-refractivity contribution >= 4 is 26.0 Å². The Labute approximate surface area is 89.0 Å². The van der Waals surface area contributed by atoms with Crippen molar-refractivity contribution in [2.75, 3.05) is 0 Å². The molecule has 0 bridgehead atoms. The van der Waals surface area contributed by atoms with Gasteiger partial charge in [0.15, 0.2) is 0 Å². The van der Waals surface area contributed by atoms with Gasteiger partial charge in [-0.3, -0.25) is 0 Å². The molecular formula is C10H11AsO3. The predicted octanol–water partition coefficient (Wildman–Crippen LogP) is 0.769. The Kier molecular flexibility index (Phi) is 4.54. The van der Waals surface area contributed by atoms with Crippen molar-refractivity contribution in [3.63, 3.8) is 0 Å². The van der Waals surface area contributed by atoms with E-state index in [9.17, 15) is 8.53 Å². The Bertz CT molecular complexity index is 319. The first kappa shape index (κ1) is 11.1. The molecule has 4 heteroatoms. The molecular weight excluding hydrogens is 243 g/mol. The third-order valence-electron chi connectivity index (χ3n) is 1.90. The molecule has 3 nitrogen and oxygen atoms in total. The molecule has 0 heterocycles. The molecule has 0 fully saturated rings. The third kappa shape index (κ3) is 3.84. The van der Waals surface area contributed by atoms with Crippen LogP contribution in [-0.4, -0.2) is 26.8 Å². The number of benzene rings is 1. The Morgan fingerprint density at radius 1 is 1.29 bits per heavy atom. The van der Waals surface area contributed by atoms with Crippen LogP contribution >= 0.6 is 0 Å². The van der Waals surface area contributed by atoms with Crippen LogP contribution in [0.4, 0.5) is 0 Å². The Morgan fingerprint density at radius 2 is 1.93 bits per heavy atom. The second-order valence-electron chi connectivity index (χ2n) is 3.01. The fourth-order valence-corrected chi connectivity index (χ4v) is 1.74. The van der Waals surface area contributed by atoms with E-state index < -0.39 is 21.7 Å². The average molecular weight is 254 g/mol. The quantitative estimate of drug-likeness (QED) is 0.789. The van der Waals surface area contributed by atoms with Crippen molar-refractivity contribution in [2.24, 2.45) is 0 Å². The van der Waals surface area contributed by atoms with Crippen molar-refractivity contribution in [3.05, 3.63) is 29.8 Å². The summed E-state index contributed by atoms with van der Waals surface area (Å²) in [5, 5.41) is 8.44. The van der Waals surface area contributed by atoms with Gasteiger partial charge in [-0.25, -0.2) is 0 Å². The van der Waals surface area contributed by atoms with E-state index in [0.717, 1.165) is 16.3 Å². The van der Waals surface area contributed by atoms with Crippen molar-refractivity contribution in [1.82, 2.24) is 0 Å². The van der Waals surface area contributed by atoms with Crippen LogP contribution in [0.25, 0.3) is 0 Å². The first-order chi connectivity index (χ1) is 6.72. The summed E-state index contributed by atoms with van der Waals surface area (Å²) < 4.78 is 11.4. The monoisotopic (exact) mass is 254 g/mol. The number of rotatable bonds is 5. The van der Waals surface area contributed by atoms with Gasteiger partial charge in [-0.15, -0.1) is 0 Å². The molecule has 0 aliphatic rings. The summed E-state index contributed by atoms with van der Waals surface area (Å²) in [5.41, 5.74) is 1.10. The Morgan fingerprint density at radius 3 is 2.43 bits per heavy atom. The number of aliphatic carboxylic acids is 1. The van der Waals surface area contributed by atoms with Gasteiger partial charge in [-0.2, -0.15) is 0 Å². The summed E-state index contributed by atoms with van der Waals surface area (Å²) in [6.07, 6.45) is 1.62. The van der Waals surface area contributed by atoms with Crippen LogP contribution in [-0.2, 0) is 15.0 Å². The number of hydrogen-bond donors (Lipinski definition) is 1. The zero-order chi connectivity index (χ0) is 10.4. The molecule has 0 aliphatic carbocycles. The van der Waals surface area contributed by atoms with E-state index in [4.69, 9.17) is 5.11 Å². The Balaban J connectivity index is 2.43. The molecule has 0 unspecified atom stereocenters. The van der Waals surface area contributed by atoms with Crippen LogP contribution in [0.3, 0.4) is 0 Å². The van der Waals surface area contributed by atoms with E-state index in [1.165, 1.54) is 0 Å². The van der Waals surface area contributed by atoms with Crippen LogP contribution in [0.15, 0.2) is 24.3 Å². The second kappa shape index (κ2) is 5.71. The first-order valence-corrected chi connectivity index (χ1v) is 6.07. The molecule has 0 spiro atoms. The number of carboxylic acid groups (broad SMARTS) is 1. The molecule has 0 atom stereocenters.